The molecule has 25 heavy (non-hydrogen) atoms. The lowest BCUT2D eigenvalue weighted by Gasteiger charge is -2.12. The van der Waals surface area contributed by atoms with Crippen LogP contribution in [0.4, 0.5) is 5.69 Å². The lowest BCUT2D eigenvalue weighted by Crippen LogP contribution is -2.16. The van der Waals surface area contributed by atoms with Gasteiger partial charge in [0.1, 0.15) is 11.8 Å². The number of hydrogen-bond acceptors (Lipinski definition) is 7. The molecule has 1 aromatic carbocycles. The molecule has 0 amide bonds. The molecule has 0 aliphatic heterocycles. The second kappa shape index (κ2) is 8.86. The van der Waals surface area contributed by atoms with Crippen LogP contribution in [0.3, 0.4) is 0 Å². The average Bonchev–Trinajstić information content (AvgIpc) is 3.13. The molecule has 0 spiro atoms. The molecular formula is C18H21NO6. The molecule has 7 heteroatoms. The van der Waals surface area contributed by atoms with E-state index in [1.807, 2.05) is 0 Å². The van der Waals surface area contributed by atoms with E-state index < -0.39 is 11.9 Å². The Kier molecular flexibility index (Phi) is 6.56. The van der Waals surface area contributed by atoms with Crippen LogP contribution < -0.4 is 5.32 Å². The molecule has 2 rings (SSSR count). The first-order valence-corrected chi connectivity index (χ1v) is 7.99. The first-order valence-electron chi connectivity index (χ1n) is 7.99. The molecule has 1 N–H and O–H groups in total. The normalized spacial score (nSPS) is 14.7. The van der Waals surface area contributed by atoms with Gasteiger partial charge in [-0.2, -0.15) is 0 Å². The van der Waals surface area contributed by atoms with Crippen molar-refractivity contribution in [3.63, 3.8) is 0 Å². The number of nitrogens with one attached hydrogen (secondary N) is 1. The highest BCUT2D eigenvalue weighted by Crippen LogP contribution is 2.22. The number of esters is 3. The average molecular weight is 347 g/mol. The Morgan fingerprint density at radius 3 is 2.24 bits per heavy atom. The van der Waals surface area contributed by atoms with Crippen molar-refractivity contribution in [3.05, 3.63) is 41.6 Å². The summed E-state index contributed by atoms with van der Waals surface area (Å²) in [6.45, 7) is 0. The molecule has 1 aliphatic carbocycles. The highest BCUT2D eigenvalue weighted by molar-refractivity contribution is 5.98. The maximum Gasteiger partial charge on any atom is 0.354 e. The van der Waals surface area contributed by atoms with E-state index in [2.05, 4.69) is 14.8 Å². The molecule has 0 unspecified atom stereocenters. The Hall–Kier alpha value is -2.83. The highest BCUT2D eigenvalue weighted by atomic mass is 16.5. The third-order valence-corrected chi connectivity index (χ3v) is 3.84. The lowest BCUT2D eigenvalue weighted by atomic mass is 10.2. The number of methoxy groups -OCH3 is 2. The van der Waals surface area contributed by atoms with Crippen LogP contribution in [0.1, 0.15) is 36.0 Å². The van der Waals surface area contributed by atoms with Crippen LogP contribution in [0.25, 0.3) is 0 Å². The van der Waals surface area contributed by atoms with Crippen molar-refractivity contribution in [2.75, 3.05) is 19.5 Å². The number of carbonyl (C=O) groups is 3. The topological polar surface area (TPSA) is 90.9 Å². The van der Waals surface area contributed by atoms with E-state index in [1.54, 1.807) is 24.3 Å². The summed E-state index contributed by atoms with van der Waals surface area (Å²) < 4.78 is 14.6. The van der Waals surface area contributed by atoms with Crippen LogP contribution in [0.2, 0.25) is 0 Å². The fourth-order valence-corrected chi connectivity index (χ4v) is 2.50. The summed E-state index contributed by atoms with van der Waals surface area (Å²) in [5, 5.41) is 2.77. The number of ether oxygens (including phenoxy) is 3. The molecular weight excluding hydrogens is 326 g/mol. The summed E-state index contributed by atoms with van der Waals surface area (Å²) in [6.07, 6.45) is 4.99. The molecule has 0 radical (unpaired) electrons. The second-order valence-corrected chi connectivity index (χ2v) is 5.59. The van der Waals surface area contributed by atoms with Crippen LogP contribution in [0.5, 0.6) is 0 Å². The predicted molar refractivity (Wildman–Crippen MR) is 89.9 cm³/mol. The van der Waals surface area contributed by atoms with E-state index in [-0.39, 0.29) is 17.8 Å². The highest BCUT2D eigenvalue weighted by Gasteiger charge is 2.20. The van der Waals surface area contributed by atoms with Crippen molar-refractivity contribution < 1.29 is 28.6 Å². The molecule has 0 bridgehead atoms. The minimum atomic E-state index is -0.713. The van der Waals surface area contributed by atoms with Crippen LogP contribution in [-0.4, -0.2) is 38.2 Å². The standard InChI is InChI=1S/C18H21NO6/c1-23-16(20)11-15(18(22)24-2)19-13-9-7-12(8-10-13)17(21)25-14-5-3-4-6-14/h7-11,14,19H,3-6H2,1-2H3/b15-11+. The summed E-state index contributed by atoms with van der Waals surface area (Å²) in [4.78, 5) is 35.1. The lowest BCUT2D eigenvalue weighted by molar-refractivity contribution is -0.138. The van der Waals surface area contributed by atoms with Crippen molar-refractivity contribution in [1.82, 2.24) is 0 Å². The van der Waals surface area contributed by atoms with Crippen molar-refractivity contribution in [2.45, 2.75) is 31.8 Å². The van der Waals surface area contributed by atoms with Gasteiger partial charge in [-0.1, -0.05) is 0 Å². The van der Waals surface area contributed by atoms with Gasteiger partial charge in [0.25, 0.3) is 0 Å². The first kappa shape index (κ1) is 18.5. The van der Waals surface area contributed by atoms with Crippen LogP contribution in [0, 0.1) is 0 Å². The Bertz CT molecular complexity index is 659. The zero-order valence-corrected chi connectivity index (χ0v) is 14.2. The molecule has 134 valence electrons. The number of anilines is 1. The minimum absolute atomic E-state index is 0.000724. The van der Waals surface area contributed by atoms with Gasteiger partial charge in [-0.25, -0.2) is 14.4 Å². The fourth-order valence-electron chi connectivity index (χ4n) is 2.50. The Balaban J connectivity index is 2.04. The molecule has 1 saturated carbocycles. The van der Waals surface area contributed by atoms with E-state index >= 15 is 0 Å². The summed E-state index contributed by atoms with van der Waals surface area (Å²) >= 11 is 0. The van der Waals surface area contributed by atoms with E-state index in [9.17, 15) is 14.4 Å². The summed E-state index contributed by atoms with van der Waals surface area (Å²) in [5.41, 5.74) is 0.864. The SMILES string of the molecule is COC(=O)/C=C(/Nc1ccc(C(=O)OC2CCCC2)cc1)C(=O)OC. The fraction of sp³-hybridized carbons (Fsp3) is 0.389. The Morgan fingerprint density at radius 2 is 1.68 bits per heavy atom. The van der Waals surface area contributed by atoms with Crippen LogP contribution in [0.15, 0.2) is 36.0 Å². The van der Waals surface area contributed by atoms with Crippen molar-refractivity contribution in [3.8, 4) is 0 Å². The molecule has 7 nitrogen and oxygen atoms in total. The number of hydrogen-bond donors (Lipinski definition) is 1. The van der Waals surface area contributed by atoms with Crippen LogP contribution in [-0.2, 0) is 23.8 Å². The molecule has 1 aliphatic rings. The van der Waals surface area contributed by atoms with Crippen molar-refractivity contribution >= 4 is 23.6 Å². The van der Waals surface area contributed by atoms with Gasteiger partial charge < -0.3 is 19.5 Å². The predicted octanol–water partition coefficient (Wildman–Crippen LogP) is 2.43. The maximum absolute atomic E-state index is 12.1. The molecule has 0 heterocycles. The zero-order chi connectivity index (χ0) is 18.2. The Morgan fingerprint density at radius 1 is 1.04 bits per heavy atom. The monoisotopic (exact) mass is 347 g/mol. The summed E-state index contributed by atoms with van der Waals surface area (Å²) in [7, 11) is 2.41. The maximum atomic E-state index is 12.1. The van der Waals surface area contributed by atoms with Gasteiger partial charge >= 0.3 is 17.9 Å². The number of rotatable bonds is 6. The summed E-state index contributed by atoms with van der Waals surface area (Å²) in [6, 6.07) is 6.40. The van der Waals surface area contributed by atoms with Crippen molar-refractivity contribution in [2.24, 2.45) is 0 Å². The van der Waals surface area contributed by atoms with E-state index in [4.69, 9.17) is 4.74 Å². The summed E-state index contributed by atoms with van der Waals surface area (Å²) in [5.74, 6) is -1.77. The van der Waals surface area contributed by atoms with Gasteiger partial charge in [0, 0.05) is 5.69 Å². The van der Waals surface area contributed by atoms with E-state index in [1.165, 1.54) is 14.2 Å². The van der Waals surface area contributed by atoms with Gasteiger partial charge in [-0.15, -0.1) is 0 Å². The Labute approximate surface area is 145 Å². The van der Waals surface area contributed by atoms with Crippen LogP contribution >= 0.6 is 0 Å². The number of carbonyl (C=O) groups excluding carboxylic acids is 3. The molecule has 1 aromatic rings. The second-order valence-electron chi connectivity index (χ2n) is 5.59. The minimum Gasteiger partial charge on any atom is -0.466 e. The van der Waals surface area contributed by atoms with Gasteiger partial charge in [0.05, 0.1) is 25.9 Å². The molecule has 0 saturated heterocycles. The van der Waals surface area contributed by atoms with E-state index in [0.29, 0.717) is 11.3 Å². The van der Waals surface area contributed by atoms with Gasteiger partial charge in [-0.05, 0) is 49.9 Å². The molecule has 0 aromatic heterocycles. The molecule has 0 atom stereocenters. The van der Waals surface area contributed by atoms with Crippen molar-refractivity contribution in [1.29, 1.82) is 0 Å². The third-order valence-electron chi connectivity index (χ3n) is 3.84. The van der Waals surface area contributed by atoms with Gasteiger partial charge in [0.15, 0.2) is 0 Å². The zero-order valence-electron chi connectivity index (χ0n) is 14.2. The number of benzene rings is 1. The van der Waals surface area contributed by atoms with Gasteiger partial charge in [-0.3, -0.25) is 0 Å². The van der Waals surface area contributed by atoms with Gasteiger partial charge in [0.2, 0.25) is 0 Å². The smallest absolute Gasteiger partial charge is 0.354 e. The third kappa shape index (κ3) is 5.34. The molecule has 1 fully saturated rings. The largest absolute Gasteiger partial charge is 0.466 e. The first-order chi connectivity index (χ1) is 12.0. The van der Waals surface area contributed by atoms with E-state index in [0.717, 1.165) is 31.8 Å². The quantitative estimate of drug-likeness (QED) is 0.480.